The fourth-order valence-electron chi connectivity index (χ4n) is 1.43. The summed E-state index contributed by atoms with van der Waals surface area (Å²) in [5.41, 5.74) is -0.549. The molecular weight excluding hydrogens is 198 g/mol. The Hall–Kier alpha value is -1.26. The molecule has 0 radical (unpaired) electrons. The Morgan fingerprint density at radius 1 is 1.33 bits per heavy atom. The number of rotatable bonds is 2. The Labute approximate surface area is 88.8 Å². The van der Waals surface area contributed by atoms with Crippen molar-refractivity contribution in [1.82, 2.24) is 5.32 Å². The lowest BCUT2D eigenvalue weighted by molar-refractivity contribution is -0.145. The second-order valence-electron chi connectivity index (χ2n) is 4.77. The maximum atomic E-state index is 11.3. The molecule has 2 atom stereocenters. The summed E-state index contributed by atoms with van der Waals surface area (Å²) in [4.78, 5) is 22.0. The first-order chi connectivity index (χ1) is 6.79. The highest BCUT2D eigenvalue weighted by Crippen LogP contribution is 2.27. The quantitative estimate of drug-likeness (QED) is 0.729. The van der Waals surface area contributed by atoms with E-state index in [0.717, 1.165) is 0 Å². The zero-order chi connectivity index (χ0) is 11.6. The van der Waals surface area contributed by atoms with Gasteiger partial charge in [-0.05, 0) is 33.6 Å². The van der Waals surface area contributed by atoms with E-state index in [1.807, 2.05) is 0 Å². The molecule has 1 aliphatic rings. The smallest absolute Gasteiger partial charge is 0.407 e. The highest BCUT2D eigenvalue weighted by atomic mass is 16.6. The lowest BCUT2D eigenvalue weighted by Crippen LogP contribution is -2.51. The first-order valence-corrected chi connectivity index (χ1v) is 5.02. The molecule has 5 nitrogen and oxygen atoms in total. The minimum atomic E-state index is -0.859. The Kier molecular flexibility index (Phi) is 3.21. The molecule has 1 rings (SSSR count). The molecule has 1 saturated carbocycles. The summed E-state index contributed by atoms with van der Waals surface area (Å²) < 4.78 is 5.03. The molecule has 1 aliphatic carbocycles. The molecule has 1 unspecified atom stereocenters. The summed E-state index contributed by atoms with van der Waals surface area (Å²) in [6.07, 6.45) is 0.782. The van der Waals surface area contributed by atoms with Gasteiger partial charge in [-0.15, -0.1) is 0 Å². The van der Waals surface area contributed by atoms with Gasteiger partial charge in [0.15, 0.2) is 0 Å². The van der Waals surface area contributed by atoms with Gasteiger partial charge in [-0.1, -0.05) is 0 Å². The Morgan fingerprint density at radius 2 is 1.93 bits per heavy atom. The second-order valence-corrected chi connectivity index (χ2v) is 4.77. The topological polar surface area (TPSA) is 75.6 Å². The number of hydrogen-bond acceptors (Lipinski definition) is 3. The first-order valence-electron chi connectivity index (χ1n) is 5.02. The molecular formula is C10H17NO4. The van der Waals surface area contributed by atoms with Crippen LogP contribution in [0, 0.1) is 5.92 Å². The van der Waals surface area contributed by atoms with Crippen molar-refractivity contribution in [2.24, 2.45) is 5.92 Å². The van der Waals surface area contributed by atoms with Gasteiger partial charge < -0.3 is 15.2 Å². The van der Waals surface area contributed by atoms with E-state index in [4.69, 9.17) is 9.84 Å². The maximum Gasteiger partial charge on any atom is 0.407 e. The minimum Gasteiger partial charge on any atom is -0.481 e. The average Bonchev–Trinajstić information content (AvgIpc) is 1.93. The van der Waals surface area contributed by atoms with Crippen molar-refractivity contribution < 1.29 is 19.4 Å². The summed E-state index contributed by atoms with van der Waals surface area (Å²) in [6, 6.07) is -0.280. The predicted octanol–water partition coefficient (Wildman–Crippen LogP) is 1.37. The fraction of sp³-hybridized carbons (Fsp3) is 0.800. The van der Waals surface area contributed by atoms with Crippen molar-refractivity contribution in [2.45, 2.75) is 45.3 Å². The van der Waals surface area contributed by atoms with Gasteiger partial charge >= 0.3 is 12.1 Å². The van der Waals surface area contributed by atoms with Crippen LogP contribution < -0.4 is 5.32 Å². The molecule has 0 aromatic carbocycles. The van der Waals surface area contributed by atoms with Gasteiger partial charge in [-0.25, -0.2) is 4.79 Å². The van der Waals surface area contributed by atoms with Gasteiger partial charge in [0.05, 0.1) is 5.92 Å². The third-order valence-electron chi connectivity index (χ3n) is 2.29. The molecule has 5 heteroatoms. The van der Waals surface area contributed by atoms with Crippen LogP contribution >= 0.6 is 0 Å². The number of hydrogen-bond donors (Lipinski definition) is 2. The highest BCUT2D eigenvalue weighted by molar-refractivity contribution is 5.74. The number of amides is 1. The molecule has 2 N–H and O–H groups in total. The van der Waals surface area contributed by atoms with Crippen LogP contribution in [0.4, 0.5) is 4.79 Å². The molecule has 0 spiro atoms. The van der Waals surface area contributed by atoms with E-state index in [1.54, 1.807) is 20.8 Å². The van der Waals surface area contributed by atoms with Crippen LogP contribution in [0.15, 0.2) is 0 Å². The third kappa shape index (κ3) is 3.42. The Bertz CT molecular complexity index is 269. The van der Waals surface area contributed by atoms with Gasteiger partial charge in [0, 0.05) is 6.04 Å². The summed E-state index contributed by atoms with van der Waals surface area (Å²) in [5.74, 6) is -1.32. The van der Waals surface area contributed by atoms with Crippen LogP contribution in [0.3, 0.4) is 0 Å². The van der Waals surface area contributed by atoms with Gasteiger partial charge in [0.25, 0.3) is 0 Å². The summed E-state index contributed by atoms with van der Waals surface area (Å²) in [7, 11) is 0. The molecule has 86 valence electrons. The molecule has 0 saturated heterocycles. The van der Waals surface area contributed by atoms with Crippen molar-refractivity contribution in [2.75, 3.05) is 0 Å². The van der Waals surface area contributed by atoms with Crippen LogP contribution in [0.5, 0.6) is 0 Å². The molecule has 0 aliphatic heterocycles. The highest BCUT2D eigenvalue weighted by Gasteiger charge is 2.38. The Morgan fingerprint density at radius 3 is 2.27 bits per heavy atom. The summed E-state index contributed by atoms with van der Waals surface area (Å²) in [6.45, 7) is 5.30. The standard InChI is InChI=1S/C10H17NO4/c1-10(2,3)15-9(14)11-7-5-4-6(7)8(12)13/h6-7H,4-5H2,1-3H3,(H,11,14)(H,12,13)/t6?,7-/m0/s1. The molecule has 0 aromatic heterocycles. The predicted molar refractivity (Wildman–Crippen MR) is 53.5 cm³/mol. The monoisotopic (exact) mass is 215 g/mol. The molecule has 0 aromatic rings. The largest absolute Gasteiger partial charge is 0.481 e. The third-order valence-corrected chi connectivity index (χ3v) is 2.29. The van der Waals surface area contributed by atoms with Crippen LogP contribution in [-0.4, -0.2) is 28.8 Å². The van der Waals surface area contributed by atoms with Gasteiger partial charge in [-0.3, -0.25) is 4.79 Å². The lowest BCUT2D eigenvalue weighted by Gasteiger charge is -2.34. The van der Waals surface area contributed by atoms with E-state index in [-0.39, 0.29) is 6.04 Å². The number of carboxylic acids is 1. The van der Waals surface area contributed by atoms with Crippen LogP contribution in [-0.2, 0) is 9.53 Å². The fourth-order valence-corrected chi connectivity index (χ4v) is 1.43. The van der Waals surface area contributed by atoms with E-state index in [0.29, 0.717) is 12.8 Å². The summed E-state index contributed by atoms with van der Waals surface area (Å²) >= 11 is 0. The van der Waals surface area contributed by atoms with Crippen molar-refractivity contribution >= 4 is 12.1 Å². The molecule has 0 heterocycles. The van der Waals surface area contributed by atoms with E-state index in [1.165, 1.54) is 0 Å². The number of alkyl carbamates (subject to hydrolysis) is 1. The van der Waals surface area contributed by atoms with E-state index in [9.17, 15) is 9.59 Å². The first kappa shape index (κ1) is 11.8. The Balaban J connectivity index is 2.36. The van der Waals surface area contributed by atoms with E-state index < -0.39 is 23.6 Å². The van der Waals surface area contributed by atoms with Crippen LogP contribution in [0.2, 0.25) is 0 Å². The molecule has 15 heavy (non-hydrogen) atoms. The lowest BCUT2D eigenvalue weighted by atomic mass is 9.80. The molecule has 1 fully saturated rings. The number of carboxylic acid groups (broad SMARTS) is 1. The van der Waals surface area contributed by atoms with Crippen molar-refractivity contribution in [3.63, 3.8) is 0 Å². The van der Waals surface area contributed by atoms with Gasteiger partial charge in [0.1, 0.15) is 5.60 Å². The van der Waals surface area contributed by atoms with Gasteiger partial charge in [0.2, 0.25) is 0 Å². The SMILES string of the molecule is CC(C)(C)OC(=O)N[C@H]1CCC1C(=O)O. The number of nitrogens with one attached hydrogen (secondary N) is 1. The molecule has 0 bridgehead atoms. The van der Waals surface area contributed by atoms with E-state index >= 15 is 0 Å². The van der Waals surface area contributed by atoms with Crippen molar-refractivity contribution in [3.8, 4) is 0 Å². The summed E-state index contributed by atoms with van der Waals surface area (Å²) in [5, 5.41) is 11.3. The van der Waals surface area contributed by atoms with E-state index in [2.05, 4.69) is 5.32 Å². The maximum absolute atomic E-state index is 11.3. The zero-order valence-electron chi connectivity index (χ0n) is 9.24. The second kappa shape index (κ2) is 4.08. The van der Waals surface area contributed by atoms with Crippen molar-refractivity contribution in [3.05, 3.63) is 0 Å². The number of aliphatic carboxylic acids is 1. The minimum absolute atomic E-state index is 0.280. The zero-order valence-corrected chi connectivity index (χ0v) is 9.24. The van der Waals surface area contributed by atoms with Crippen LogP contribution in [0.25, 0.3) is 0 Å². The van der Waals surface area contributed by atoms with Gasteiger partial charge in [-0.2, -0.15) is 0 Å². The molecule has 1 amide bonds. The van der Waals surface area contributed by atoms with Crippen molar-refractivity contribution in [1.29, 1.82) is 0 Å². The number of carbonyl (C=O) groups excluding carboxylic acids is 1. The normalized spacial score (nSPS) is 25.3. The van der Waals surface area contributed by atoms with Crippen LogP contribution in [0.1, 0.15) is 33.6 Å². The average molecular weight is 215 g/mol. The number of ether oxygens (including phenoxy) is 1. The number of carbonyl (C=O) groups is 2.